The fourth-order valence-electron chi connectivity index (χ4n) is 1.13. The molecule has 0 saturated carbocycles. The standard InChI is InChI=1S/C11H14N2O/c1-8(14)6-7-9-4-2-3-5-10(9)11(12)13/h2-8,14H,1H3,(H3,12,13)/b7-6+. The van der Waals surface area contributed by atoms with Crippen molar-refractivity contribution >= 4 is 11.9 Å². The Morgan fingerprint density at radius 2 is 2.14 bits per heavy atom. The number of nitrogens with two attached hydrogens (primary N) is 1. The number of hydrogen-bond donors (Lipinski definition) is 3. The van der Waals surface area contributed by atoms with Gasteiger partial charge in [0.05, 0.1) is 6.10 Å². The molecule has 3 heteroatoms. The van der Waals surface area contributed by atoms with Gasteiger partial charge in [-0.05, 0) is 12.5 Å². The second kappa shape index (κ2) is 4.58. The third-order valence-corrected chi connectivity index (χ3v) is 1.81. The Labute approximate surface area is 83.4 Å². The lowest BCUT2D eigenvalue weighted by Crippen LogP contribution is -2.12. The first-order chi connectivity index (χ1) is 6.61. The van der Waals surface area contributed by atoms with E-state index in [0.717, 1.165) is 5.56 Å². The zero-order valence-electron chi connectivity index (χ0n) is 8.07. The van der Waals surface area contributed by atoms with Gasteiger partial charge in [-0.1, -0.05) is 36.4 Å². The number of amidine groups is 1. The number of hydrogen-bond acceptors (Lipinski definition) is 2. The molecular formula is C11H14N2O. The average Bonchev–Trinajstić information content (AvgIpc) is 2.15. The smallest absolute Gasteiger partial charge is 0.123 e. The van der Waals surface area contributed by atoms with Gasteiger partial charge in [-0.15, -0.1) is 0 Å². The minimum atomic E-state index is -0.491. The Morgan fingerprint density at radius 1 is 1.50 bits per heavy atom. The molecule has 0 saturated heterocycles. The zero-order chi connectivity index (χ0) is 10.6. The van der Waals surface area contributed by atoms with Gasteiger partial charge < -0.3 is 10.8 Å². The molecule has 14 heavy (non-hydrogen) atoms. The molecule has 0 aliphatic carbocycles. The molecule has 1 aromatic carbocycles. The summed E-state index contributed by atoms with van der Waals surface area (Å²) in [6, 6.07) is 7.34. The van der Waals surface area contributed by atoms with Crippen LogP contribution in [0.15, 0.2) is 30.3 Å². The Balaban J connectivity index is 3.02. The molecule has 0 amide bonds. The first-order valence-corrected chi connectivity index (χ1v) is 4.41. The van der Waals surface area contributed by atoms with Gasteiger partial charge in [0.15, 0.2) is 0 Å². The Hall–Kier alpha value is -1.61. The molecule has 0 aliphatic heterocycles. The molecular weight excluding hydrogens is 176 g/mol. The molecule has 0 aromatic heterocycles. The van der Waals surface area contributed by atoms with E-state index < -0.39 is 6.10 Å². The van der Waals surface area contributed by atoms with Crippen molar-refractivity contribution in [3.8, 4) is 0 Å². The Kier molecular flexibility index (Phi) is 3.42. The van der Waals surface area contributed by atoms with Crippen LogP contribution in [-0.2, 0) is 0 Å². The summed E-state index contributed by atoms with van der Waals surface area (Å²) in [5.74, 6) is 0.0378. The molecule has 0 bridgehead atoms. The summed E-state index contributed by atoms with van der Waals surface area (Å²) in [4.78, 5) is 0. The van der Waals surface area contributed by atoms with Crippen molar-refractivity contribution < 1.29 is 5.11 Å². The average molecular weight is 190 g/mol. The first-order valence-electron chi connectivity index (χ1n) is 4.41. The molecule has 3 nitrogen and oxygen atoms in total. The van der Waals surface area contributed by atoms with E-state index in [4.69, 9.17) is 16.2 Å². The number of benzene rings is 1. The van der Waals surface area contributed by atoms with Crippen LogP contribution < -0.4 is 5.73 Å². The summed E-state index contributed by atoms with van der Waals surface area (Å²) >= 11 is 0. The molecule has 0 radical (unpaired) electrons. The second-order valence-electron chi connectivity index (χ2n) is 3.10. The topological polar surface area (TPSA) is 70.1 Å². The van der Waals surface area contributed by atoms with Crippen LogP contribution in [0, 0.1) is 5.41 Å². The summed E-state index contributed by atoms with van der Waals surface area (Å²) in [6.07, 6.45) is 2.93. The normalized spacial score (nSPS) is 13.0. The van der Waals surface area contributed by atoms with Gasteiger partial charge in [0, 0.05) is 5.56 Å². The van der Waals surface area contributed by atoms with Crippen LogP contribution in [0.1, 0.15) is 18.1 Å². The van der Waals surface area contributed by atoms with E-state index in [1.165, 1.54) is 0 Å². The molecule has 1 rings (SSSR count). The Morgan fingerprint density at radius 3 is 2.71 bits per heavy atom. The van der Waals surface area contributed by atoms with Gasteiger partial charge in [0.2, 0.25) is 0 Å². The van der Waals surface area contributed by atoms with Crippen LogP contribution in [-0.4, -0.2) is 17.0 Å². The van der Waals surface area contributed by atoms with Crippen molar-refractivity contribution in [3.05, 3.63) is 41.5 Å². The lowest BCUT2D eigenvalue weighted by Gasteiger charge is -2.03. The predicted molar refractivity (Wildman–Crippen MR) is 58.2 cm³/mol. The maximum atomic E-state index is 9.07. The number of nitrogen functional groups attached to an aromatic ring is 1. The monoisotopic (exact) mass is 190 g/mol. The van der Waals surface area contributed by atoms with Crippen molar-refractivity contribution in [2.75, 3.05) is 0 Å². The van der Waals surface area contributed by atoms with Crippen molar-refractivity contribution in [1.82, 2.24) is 0 Å². The van der Waals surface area contributed by atoms with Crippen LogP contribution >= 0.6 is 0 Å². The molecule has 0 fully saturated rings. The highest BCUT2D eigenvalue weighted by Gasteiger charge is 2.00. The molecule has 1 atom stereocenters. The number of rotatable bonds is 3. The minimum absolute atomic E-state index is 0.0378. The Bertz CT molecular complexity index is 356. The van der Waals surface area contributed by atoms with Gasteiger partial charge in [0.25, 0.3) is 0 Å². The third kappa shape index (κ3) is 2.71. The SMILES string of the molecule is CC(O)/C=C/c1ccccc1C(=N)N. The van der Waals surface area contributed by atoms with Gasteiger partial charge >= 0.3 is 0 Å². The van der Waals surface area contributed by atoms with E-state index in [1.54, 1.807) is 25.1 Å². The van der Waals surface area contributed by atoms with E-state index in [-0.39, 0.29) is 5.84 Å². The fourth-order valence-corrected chi connectivity index (χ4v) is 1.13. The van der Waals surface area contributed by atoms with Crippen LogP contribution in [0.2, 0.25) is 0 Å². The summed E-state index contributed by atoms with van der Waals surface area (Å²) < 4.78 is 0. The number of nitrogens with one attached hydrogen (secondary N) is 1. The van der Waals surface area contributed by atoms with Gasteiger partial charge in [0.1, 0.15) is 5.84 Å². The molecule has 1 aromatic rings. The predicted octanol–water partition coefficient (Wildman–Crippen LogP) is 1.36. The third-order valence-electron chi connectivity index (χ3n) is 1.81. The highest BCUT2D eigenvalue weighted by Crippen LogP contribution is 2.10. The quantitative estimate of drug-likeness (QED) is 0.497. The number of aliphatic hydroxyl groups is 1. The van der Waals surface area contributed by atoms with Crippen molar-refractivity contribution in [3.63, 3.8) is 0 Å². The highest BCUT2D eigenvalue weighted by atomic mass is 16.3. The van der Waals surface area contributed by atoms with Gasteiger partial charge in [-0.2, -0.15) is 0 Å². The van der Waals surface area contributed by atoms with E-state index in [1.807, 2.05) is 18.2 Å². The van der Waals surface area contributed by atoms with Crippen LogP contribution in [0.5, 0.6) is 0 Å². The van der Waals surface area contributed by atoms with Crippen LogP contribution in [0.3, 0.4) is 0 Å². The lowest BCUT2D eigenvalue weighted by atomic mass is 10.1. The molecule has 0 heterocycles. The fraction of sp³-hybridized carbons (Fsp3) is 0.182. The van der Waals surface area contributed by atoms with Crippen LogP contribution in [0.4, 0.5) is 0 Å². The van der Waals surface area contributed by atoms with Crippen LogP contribution in [0.25, 0.3) is 6.08 Å². The summed E-state index contributed by atoms with van der Waals surface area (Å²) in [5.41, 5.74) is 6.94. The first kappa shape index (κ1) is 10.5. The van der Waals surface area contributed by atoms with E-state index in [0.29, 0.717) is 5.56 Å². The summed E-state index contributed by atoms with van der Waals surface area (Å²) in [6.45, 7) is 1.67. The largest absolute Gasteiger partial charge is 0.389 e. The van der Waals surface area contributed by atoms with Crippen molar-refractivity contribution in [2.24, 2.45) is 5.73 Å². The maximum Gasteiger partial charge on any atom is 0.123 e. The maximum absolute atomic E-state index is 9.07. The van der Waals surface area contributed by atoms with Gasteiger partial charge in [-0.3, -0.25) is 5.41 Å². The molecule has 74 valence electrons. The van der Waals surface area contributed by atoms with Crippen molar-refractivity contribution in [2.45, 2.75) is 13.0 Å². The van der Waals surface area contributed by atoms with E-state index in [2.05, 4.69) is 0 Å². The van der Waals surface area contributed by atoms with E-state index in [9.17, 15) is 0 Å². The second-order valence-corrected chi connectivity index (χ2v) is 3.10. The highest BCUT2D eigenvalue weighted by molar-refractivity contribution is 5.98. The molecule has 4 N–H and O–H groups in total. The molecule has 0 spiro atoms. The number of aliphatic hydroxyl groups excluding tert-OH is 1. The van der Waals surface area contributed by atoms with Crippen molar-refractivity contribution in [1.29, 1.82) is 5.41 Å². The zero-order valence-corrected chi connectivity index (χ0v) is 8.07. The van der Waals surface area contributed by atoms with Gasteiger partial charge in [-0.25, -0.2) is 0 Å². The van der Waals surface area contributed by atoms with E-state index >= 15 is 0 Å². The summed E-state index contributed by atoms with van der Waals surface area (Å²) in [7, 11) is 0. The lowest BCUT2D eigenvalue weighted by molar-refractivity contribution is 0.245. The summed E-state index contributed by atoms with van der Waals surface area (Å²) in [5, 5.41) is 16.4. The molecule has 0 aliphatic rings. The minimum Gasteiger partial charge on any atom is -0.389 e. The molecule has 1 unspecified atom stereocenters.